The molecule has 8 nitrogen and oxygen atoms in total. The number of hydrogen-bond acceptors (Lipinski definition) is 8. The molecular formula is C21H22N4O4S2. The van der Waals surface area contributed by atoms with Crippen molar-refractivity contribution in [1.82, 2.24) is 9.88 Å². The Balaban J connectivity index is 1.18. The van der Waals surface area contributed by atoms with Gasteiger partial charge in [0, 0.05) is 50.0 Å². The van der Waals surface area contributed by atoms with E-state index in [4.69, 9.17) is 9.47 Å². The van der Waals surface area contributed by atoms with Gasteiger partial charge in [0.25, 0.3) is 10.0 Å². The van der Waals surface area contributed by atoms with Crippen LogP contribution in [0.5, 0.6) is 11.5 Å². The molecule has 3 heterocycles. The highest BCUT2D eigenvalue weighted by Crippen LogP contribution is 2.33. The molecule has 0 spiro atoms. The minimum absolute atomic E-state index is 0.230. The van der Waals surface area contributed by atoms with Gasteiger partial charge in [0.2, 0.25) is 6.79 Å². The van der Waals surface area contributed by atoms with Gasteiger partial charge in [-0.2, -0.15) is 0 Å². The summed E-state index contributed by atoms with van der Waals surface area (Å²) in [7, 11) is -3.63. The predicted molar refractivity (Wildman–Crippen MR) is 119 cm³/mol. The number of thiazole rings is 1. The first kappa shape index (κ1) is 20.1. The first-order chi connectivity index (χ1) is 15.1. The number of hydrogen-bond donors (Lipinski definition) is 1. The van der Waals surface area contributed by atoms with E-state index in [1.54, 1.807) is 23.7 Å². The number of anilines is 2. The van der Waals surface area contributed by atoms with E-state index < -0.39 is 10.0 Å². The van der Waals surface area contributed by atoms with E-state index in [-0.39, 0.29) is 4.90 Å². The summed E-state index contributed by atoms with van der Waals surface area (Å²) in [5, 5.41) is 2.09. The SMILES string of the molecule is O=S(=O)(Nc1nccs1)c1ccc(N2CCN(Cc3ccc4c(c3)OCO4)CC2)cc1. The Morgan fingerprint density at radius 3 is 2.52 bits per heavy atom. The van der Waals surface area contributed by atoms with Gasteiger partial charge < -0.3 is 14.4 Å². The summed E-state index contributed by atoms with van der Waals surface area (Å²) >= 11 is 1.25. The van der Waals surface area contributed by atoms with Crippen molar-refractivity contribution in [3.05, 3.63) is 59.6 Å². The highest BCUT2D eigenvalue weighted by atomic mass is 32.2. The molecule has 31 heavy (non-hydrogen) atoms. The molecule has 0 radical (unpaired) electrons. The van der Waals surface area contributed by atoms with Crippen LogP contribution in [0.4, 0.5) is 10.8 Å². The van der Waals surface area contributed by atoms with Crippen LogP contribution in [0.25, 0.3) is 0 Å². The maximum absolute atomic E-state index is 12.5. The second-order valence-corrected chi connectivity index (χ2v) is 9.96. The van der Waals surface area contributed by atoms with Crippen LogP contribution in [0, 0.1) is 0 Å². The Hall–Kier alpha value is -2.82. The van der Waals surface area contributed by atoms with Crippen molar-refractivity contribution in [3.63, 3.8) is 0 Å². The molecule has 3 aromatic rings. The van der Waals surface area contributed by atoms with Crippen molar-refractivity contribution in [3.8, 4) is 11.5 Å². The number of nitrogens with zero attached hydrogens (tertiary/aromatic N) is 3. The first-order valence-electron chi connectivity index (χ1n) is 9.95. The second kappa shape index (κ2) is 8.37. The largest absolute Gasteiger partial charge is 0.454 e. The van der Waals surface area contributed by atoms with Crippen molar-refractivity contribution >= 4 is 32.2 Å². The van der Waals surface area contributed by atoms with Gasteiger partial charge in [-0.1, -0.05) is 6.07 Å². The number of sulfonamides is 1. The summed E-state index contributed by atoms with van der Waals surface area (Å²) in [6.45, 7) is 4.78. The van der Waals surface area contributed by atoms with Crippen molar-refractivity contribution in [2.24, 2.45) is 0 Å². The third-order valence-electron chi connectivity index (χ3n) is 5.38. The number of benzene rings is 2. The van der Waals surface area contributed by atoms with E-state index in [2.05, 4.69) is 25.6 Å². The molecule has 2 aromatic carbocycles. The summed E-state index contributed by atoms with van der Waals surface area (Å²) < 4.78 is 38.3. The maximum atomic E-state index is 12.5. The molecule has 0 atom stereocenters. The number of fused-ring (bicyclic) bond motifs is 1. The van der Waals surface area contributed by atoms with E-state index in [0.717, 1.165) is 49.9 Å². The minimum atomic E-state index is -3.63. The molecule has 1 saturated heterocycles. The van der Waals surface area contributed by atoms with E-state index in [1.165, 1.54) is 16.9 Å². The maximum Gasteiger partial charge on any atom is 0.263 e. The average Bonchev–Trinajstić information content (AvgIpc) is 3.46. The lowest BCUT2D eigenvalue weighted by atomic mass is 10.1. The molecular weight excluding hydrogens is 436 g/mol. The molecule has 2 aliphatic heterocycles. The van der Waals surface area contributed by atoms with Crippen LogP contribution < -0.4 is 19.1 Å². The molecule has 10 heteroatoms. The van der Waals surface area contributed by atoms with E-state index in [9.17, 15) is 8.42 Å². The fraction of sp³-hybridized carbons (Fsp3) is 0.286. The Bertz CT molecular complexity index is 1140. The van der Waals surface area contributed by atoms with E-state index in [1.807, 2.05) is 24.3 Å². The third kappa shape index (κ3) is 4.46. The molecule has 5 rings (SSSR count). The molecule has 162 valence electrons. The van der Waals surface area contributed by atoms with Crippen molar-refractivity contribution in [2.45, 2.75) is 11.4 Å². The second-order valence-electron chi connectivity index (χ2n) is 7.39. The Kier molecular flexibility index (Phi) is 5.43. The van der Waals surface area contributed by atoms with Gasteiger partial charge in [-0.15, -0.1) is 11.3 Å². The summed E-state index contributed by atoms with van der Waals surface area (Å²) in [4.78, 5) is 8.89. The summed E-state index contributed by atoms with van der Waals surface area (Å²) in [5.41, 5.74) is 2.23. The molecule has 1 aromatic heterocycles. The highest BCUT2D eigenvalue weighted by molar-refractivity contribution is 7.93. The number of aromatic nitrogens is 1. The van der Waals surface area contributed by atoms with E-state index in [0.29, 0.717) is 11.9 Å². The Morgan fingerprint density at radius 2 is 1.77 bits per heavy atom. The topological polar surface area (TPSA) is 84.0 Å². The van der Waals surface area contributed by atoms with Gasteiger partial charge in [0.05, 0.1) is 4.90 Å². The zero-order chi connectivity index (χ0) is 21.3. The lowest BCUT2D eigenvalue weighted by molar-refractivity contribution is 0.174. The Morgan fingerprint density at radius 1 is 1.00 bits per heavy atom. The normalized spacial score (nSPS) is 16.5. The van der Waals surface area contributed by atoms with Crippen LogP contribution in [-0.2, 0) is 16.6 Å². The quantitative estimate of drug-likeness (QED) is 0.608. The zero-order valence-electron chi connectivity index (χ0n) is 16.7. The molecule has 0 amide bonds. The smallest absolute Gasteiger partial charge is 0.263 e. The zero-order valence-corrected chi connectivity index (χ0v) is 18.4. The van der Waals surface area contributed by atoms with Gasteiger partial charge in [-0.05, 0) is 42.0 Å². The monoisotopic (exact) mass is 458 g/mol. The standard InChI is InChI=1S/C21H22N4O4S2/c26-31(27,23-21-22-7-12-30-21)18-4-2-17(3-5-18)25-10-8-24(9-11-25)14-16-1-6-19-20(13-16)29-15-28-19/h1-7,12-13H,8-11,14-15H2,(H,22,23). The van der Waals surface area contributed by atoms with Gasteiger partial charge >= 0.3 is 0 Å². The highest BCUT2D eigenvalue weighted by Gasteiger charge is 2.20. The molecule has 1 N–H and O–H groups in total. The van der Waals surface area contributed by atoms with Crippen molar-refractivity contribution in [1.29, 1.82) is 0 Å². The van der Waals surface area contributed by atoms with Gasteiger partial charge in [0.1, 0.15) is 0 Å². The molecule has 0 aliphatic carbocycles. The van der Waals surface area contributed by atoms with Crippen molar-refractivity contribution in [2.75, 3.05) is 42.6 Å². The van der Waals surface area contributed by atoms with Gasteiger partial charge in [-0.3, -0.25) is 9.62 Å². The van der Waals surface area contributed by atoms with Crippen molar-refractivity contribution < 1.29 is 17.9 Å². The average molecular weight is 459 g/mol. The lowest BCUT2D eigenvalue weighted by Crippen LogP contribution is -2.45. The fourth-order valence-electron chi connectivity index (χ4n) is 3.75. The van der Waals surface area contributed by atoms with Crippen LogP contribution in [0.2, 0.25) is 0 Å². The summed E-state index contributed by atoms with van der Waals surface area (Å²) in [5.74, 6) is 1.62. The minimum Gasteiger partial charge on any atom is -0.454 e. The molecule has 0 bridgehead atoms. The van der Waals surface area contributed by atoms with Crippen LogP contribution >= 0.6 is 11.3 Å². The van der Waals surface area contributed by atoms with Gasteiger partial charge in [-0.25, -0.2) is 13.4 Å². The number of piperazine rings is 1. The number of ether oxygens (including phenoxy) is 2. The van der Waals surface area contributed by atoms with Crippen LogP contribution in [0.1, 0.15) is 5.56 Å². The molecule has 0 saturated carbocycles. The fourth-order valence-corrected chi connectivity index (χ4v) is 5.53. The first-order valence-corrected chi connectivity index (χ1v) is 12.3. The van der Waals surface area contributed by atoms with Crippen LogP contribution in [0.15, 0.2) is 58.9 Å². The van der Waals surface area contributed by atoms with E-state index >= 15 is 0 Å². The molecule has 2 aliphatic rings. The number of rotatable bonds is 6. The van der Waals surface area contributed by atoms with Crippen LogP contribution in [-0.4, -0.2) is 51.3 Å². The lowest BCUT2D eigenvalue weighted by Gasteiger charge is -2.36. The third-order valence-corrected chi connectivity index (χ3v) is 7.55. The summed E-state index contributed by atoms with van der Waals surface area (Å²) in [6, 6.07) is 13.1. The summed E-state index contributed by atoms with van der Waals surface area (Å²) in [6.07, 6.45) is 1.57. The predicted octanol–water partition coefficient (Wildman–Crippen LogP) is 2.99. The van der Waals surface area contributed by atoms with Crippen LogP contribution in [0.3, 0.4) is 0 Å². The van der Waals surface area contributed by atoms with Gasteiger partial charge in [0.15, 0.2) is 16.6 Å². The number of nitrogens with one attached hydrogen (secondary N) is 1. The molecule has 1 fully saturated rings. The molecule has 0 unspecified atom stereocenters. The Labute approximate surface area is 185 Å².